The first-order chi connectivity index (χ1) is 12.1. The van der Waals surface area contributed by atoms with E-state index < -0.39 is 0 Å². The highest BCUT2D eigenvalue weighted by atomic mass is 32.1. The normalized spacial score (nSPS) is 25.2. The van der Waals surface area contributed by atoms with Crippen molar-refractivity contribution in [3.8, 4) is 0 Å². The zero-order chi connectivity index (χ0) is 17.4. The molecule has 0 saturated carbocycles. The van der Waals surface area contributed by atoms with Crippen molar-refractivity contribution in [3.05, 3.63) is 46.4 Å². The third kappa shape index (κ3) is 3.21. The first-order valence-electron chi connectivity index (χ1n) is 8.74. The molecule has 2 fully saturated rings. The Bertz CT molecular complexity index is 763. The second-order valence-corrected chi connectivity index (χ2v) is 8.05. The van der Waals surface area contributed by atoms with Crippen LogP contribution < -0.4 is 4.90 Å². The summed E-state index contributed by atoms with van der Waals surface area (Å²) in [6.45, 7) is 6.21. The molecule has 0 radical (unpaired) electrons. The number of hydrogen-bond acceptors (Lipinski definition) is 5. The lowest BCUT2D eigenvalue weighted by atomic mass is 9.93. The van der Waals surface area contributed by atoms with Gasteiger partial charge in [-0.3, -0.25) is 19.6 Å². The van der Waals surface area contributed by atoms with Gasteiger partial charge in [-0.15, -0.1) is 0 Å². The van der Waals surface area contributed by atoms with E-state index in [2.05, 4.69) is 39.3 Å². The molecule has 25 heavy (non-hydrogen) atoms. The number of carbonyl (C=O) groups is 1. The highest BCUT2D eigenvalue weighted by Gasteiger charge is 2.47. The van der Waals surface area contributed by atoms with E-state index in [4.69, 9.17) is 0 Å². The Balaban J connectivity index is 1.50. The number of aromatic nitrogens is 1. The van der Waals surface area contributed by atoms with E-state index in [-0.39, 0.29) is 11.4 Å². The molecule has 1 spiro atoms. The maximum Gasteiger partial charge on any atom is 0.241 e. The van der Waals surface area contributed by atoms with Gasteiger partial charge in [0.05, 0.1) is 23.5 Å². The summed E-state index contributed by atoms with van der Waals surface area (Å²) >= 11 is 1.64. The number of hydrogen-bond donors (Lipinski definition) is 0. The van der Waals surface area contributed by atoms with E-state index in [9.17, 15) is 4.79 Å². The van der Waals surface area contributed by atoms with Crippen LogP contribution in [0.15, 0.2) is 35.0 Å². The minimum Gasteiger partial charge on any atom is -0.309 e. The zero-order valence-corrected chi connectivity index (χ0v) is 15.6. The molecule has 0 N–H and O–H groups in total. The molecular weight excluding hydrogens is 332 g/mol. The van der Waals surface area contributed by atoms with Crippen molar-refractivity contribution in [2.75, 3.05) is 38.1 Å². The fourth-order valence-electron chi connectivity index (χ4n) is 4.04. The quantitative estimate of drug-likeness (QED) is 0.847. The molecule has 132 valence electrons. The first-order valence-corrected chi connectivity index (χ1v) is 9.69. The molecule has 5 nitrogen and oxygen atoms in total. The molecule has 2 aromatic rings. The maximum absolute atomic E-state index is 12.5. The second kappa shape index (κ2) is 6.52. The number of rotatable bonds is 3. The van der Waals surface area contributed by atoms with Gasteiger partial charge in [0.15, 0.2) is 0 Å². The molecule has 1 amide bonds. The number of thiophene rings is 1. The Hall–Kier alpha value is -1.76. The summed E-state index contributed by atoms with van der Waals surface area (Å²) < 4.78 is 0. The zero-order valence-electron chi connectivity index (χ0n) is 14.8. The number of likely N-dealkylation sites (N-methyl/N-ethyl adjacent to an activating group) is 1. The third-order valence-corrected chi connectivity index (χ3v) is 6.17. The number of amides is 1. The summed E-state index contributed by atoms with van der Waals surface area (Å²) in [7, 11) is 2.09. The lowest BCUT2D eigenvalue weighted by molar-refractivity contribution is -0.123. The molecule has 6 heteroatoms. The summed E-state index contributed by atoms with van der Waals surface area (Å²) in [4.78, 5) is 23.9. The number of likely N-dealkylation sites (tertiary alicyclic amines) is 1. The van der Waals surface area contributed by atoms with Crippen molar-refractivity contribution >= 4 is 22.9 Å². The van der Waals surface area contributed by atoms with E-state index >= 15 is 0 Å². The molecule has 0 aliphatic carbocycles. The van der Waals surface area contributed by atoms with Crippen LogP contribution in [-0.2, 0) is 11.3 Å². The minimum atomic E-state index is 0.0413. The van der Waals surface area contributed by atoms with Gasteiger partial charge in [-0.2, -0.15) is 11.3 Å². The minimum absolute atomic E-state index is 0.0413. The van der Waals surface area contributed by atoms with Gasteiger partial charge in [0.1, 0.15) is 0 Å². The number of carbonyl (C=O) groups excluding carboxylic acids is 1. The van der Waals surface area contributed by atoms with E-state index in [0.717, 1.165) is 49.7 Å². The van der Waals surface area contributed by atoms with Crippen molar-refractivity contribution in [3.63, 3.8) is 0 Å². The molecule has 2 aliphatic rings. The average Bonchev–Trinajstić information content (AvgIpc) is 3.22. The van der Waals surface area contributed by atoms with Gasteiger partial charge in [0.2, 0.25) is 5.91 Å². The molecule has 4 heterocycles. The van der Waals surface area contributed by atoms with Crippen LogP contribution in [0.2, 0.25) is 0 Å². The number of anilines is 1. The highest BCUT2D eigenvalue weighted by Crippen LogP contribution is 2.34. The van der Waals surface area contributed by atoms with Crippen molar-refractivity contribution in [2.45, 2.75) is 25.4 Å². The van der Waals surface area contributed by atoms with Crippen molar-refractivity contribution in [1.82, 2.24) is 14.8 Å². The van der Waals surface area contributed by atoms with Gasteiger partial charge < -0.3 is 4.90 Å². The van der Waals surface area contributed by atoms with Crippen LogP contribution >= 0.6 is 11.3 Å². The Kier molecular flexibility index (Phi) is 4.35. The summed E-state index contributed by atoms with van der Waals surface area (Å²) in [6.07, 6.45) is 1.09. The largest absolute Gasteiger partial charge is 0.309 e. The first kappa shape index (κ1) is 16.7. The molecule has 2 aromatic heterocycles. The van der Waals surface area contributed by atoms with Crippen molar-refractivity contribution in [1.29, 1.82) is 0 Å². The molecule has 2 aliphatic heterocycles. The van der Waals surface area contributed by atoms with Gasteiger partial charge in [0, 0.05) is 37.3 Å². The Morgan fingerprint density at radius 2 is 2.16 bits per heavy atom. The van der Waals surface area contributed by atoms with Crippen LogP contribution in [0.3, 0.4) is 0 Å². The monoisotopic (exact) mass is 356 g/mol. The van der Waals surface area contributed by atoms with Gasteiger partial charge in [-0.1, -0.05) is 6.07 Å². The highest BCUT2D eigenvalue weighted by molar-refractivity contribution is 7.08. The average molecular weight is 356 g/mol. The molecule has 4 rings (SSSR count). The van der Waals surface area contributed by atoms with E-state index in [1.807, 2.05) is 29.3 Å². The summed E-state index contributed by atoms with van der Waals surface area (Å²) in [5.74, 6) is 0.199. The standard InChI is InChI=1S/C19H24N4OS/c1-15-4-3-5-16(20-15)10-22-8-7-19(13-22)14-23(17-6-9-25-12-17)18(24)11-21(19)2/h3-6,9,12H,7-8,10-11,13-14H2,1-2H3/t19-/m1/s1. The van der Waals surface area contributed by atoms with Crippen molar-refractivity contribution in [2.24, 2.45) is 0 Å². The van der Waals surface area contributed by atoms with E-state index in [1.165, 1.54) is 0 Å². The fraction of sp³-hybridized carbons (Fsp3) is 0.474. The maximum atomic E-state index is 12.5. The van der Waals surface area contributed by atoms with Crippen LogP contribution in [0.5, 0.6) is 0 Å². The number of aryl methyl sites for hydroxylation is 1. The topological polar surface area (TPSA) is 39.7 Å². The van der Waals surface area contributed by atoms with Gasteiger partial charge >= 0.3 is 0 Å². The predicted molar refractivity (Wildman–Crippen MR) is 101 cm³/mol. The molecule has 0 unspecified atom stereocenters. The van der Waals surface area contributed by atoms with Crippen LogP contribution in [0.4, 0.5) is 5.69 Å². The van der Waals surface area contributed by atoms with E-state index in [0.29, 0.717) is 6.54 Å². The number of nitrogens with zero attached hydrogens (tertiary/aromatic N) is 4. The Morgan fingerprint density at radius 1 is 1.28 bits per heavy atom. The smallest absolute Gasteiger partial charge is 0.241 e. The van der Waals surface area contributed by atoms with Crippen LogP contribution in [0, 0.1) is 6.92 Å². The lowest BCUT2D eigenvalue weighted by Gasteiger charge is -2.46. The molecule has 0 aromatic carbocycles. The summed E-state index contributed by atoms with van der Waals surface area (Å²) in [5, 5.41) is 4.11. The van der Waals surface area contributed by atoms with Crippen LogP contribution in [-0.4, -0.2) is 59.5 Å². The van der Waals surface area contributed by atoms with E-state index in [1.54, 1.807) is 11.3 Å². The van der Waals surface area contributed by atoms with Crippen LogP contribution in [0.1, 0.15) is 17.8 Å². The van der Waals surface area contributed by atoms with Gasteiger partial charge in [-0.05, 0) is 44.0 Å². The molecule has 0 bridgehead atoms. The lowest BCUT2D eigenvalue weighted by Crippen LogP contribution is -2.64. The summed E-state index contributed by atoms with van der Waals surface area (Å²) in [5.41, 5.74) is 3.28. The summed E-state index contributed by atoms with van der Waals surface area (Å²) in [6, 6.07) is 8.26. The predicted octanol–water partition coefficient (Wildman–Crippen LogP) is 2.37. The second-order valence-electron chi connectivity index (χ2n) is 7.27. The molecule has 2 saturated heterocycles. The molecular formula is C19H24N4OS. The van der Waals surface area contributed by atoms with Crippen LogP contribution in [0.25, 0.3) is 0 Å². The van der Waals surface area contributed by atoms with Gasteiger partial charge in [0.25, 0.3) is 0 Å². The SMILES string of the molecule is Cc1cccc(CN2CC[C@@]3(C2)CN(c2ccsc2)C(=O)CN3C)n1. The fourth-order valence-corrected chi connectivity index (χ4v) is 4.68. The Labute approximate surface area is 152 Å². The molecule has 1 atom stereocenters. The number of piperazine rings is 1. The third-order valence-electron chi connectivity index (χ3n) is 5.50. The number of pyridine rings is 1. The Morgan fingerprint density at radius 3 is 2.92 bits per heavy atom. The van der Waals surface area contributed by atoms with Crippen molar-refractivity contribution < 1.29 is 4.79 Å². The van der Waals surface area contributed by atoms with Gasteiger partial charge in [-0.25, -0.2) is 0 Å².